The lowest BCUT2D eigenvalue weighted by Crippen LogP contribution is -2.39. The minimum atomic E-state index is -2.90. The lowest BCUT2D eigenvalue weighted by molar-refractivity contribution is -0.150. The highest BCUT2D eigenvalue weighted by Gasteiger charge is 2.32. The Bertz CT molecular complexity index is 572. The van der Waals surface area contributed by atoms with Gasteiger partial charge in [-0.2, -0.15) is 13.9 Å². The van der Waals surface area contributed by atoms with Crippen LogP contribution in [0.25, 0.3) is 0 Å². The standard InChI is InChI=1S/C13H12F2N2O4/c1-20-12(19)9-6-10(16-17-11(9)18)7-2-4-8(5-3-7)21-13(14)15/h2-5,9,13H,6H2,1H3,(H,17,18). The minimum absolute atomic E-state index is 0.0127. The van der Waals surface area contributed by atoms with Crippen molar-refractivity contribution in [2.24, 2.45) is 11.0 Å². The maximum absolute atomic E-state index is 12.1. The number of alkyl halides is 2. The molecule has 0 fully saturated rings. The van der Waals surface area contributed by atoms with Crippen LogP contribution in [0.4, 0.5) is 8.78 Å². The fourth-order valence-electron chi connectivity index (χ4n) is 1.88. The van der Waals surface area contributed by atoms with Crippen molar-refractivity contribution in [1.82, 2.24) is 5.43 Å². The van der Waals surface area contributed by atoms with Crippen molar-refractivity contribution < 1.29 is 27.8 Å². The number of halogens is 2. The Kier molecular flexibility index (Phi) is 4.46. The van der Waals surface area contributed by atoms with E-state index in [4.69, 9.17) is 0 Å². The van der Waals surface area contributed by atoms with E-state index in [1.165, 1.54) is 31.4 Å². The van der Waals surface area contributed by atoms with Gasteiger partial charge >= 0.3 is 12.6 Å². The Hall–Kier alpha value is -2.51. The molecule has 0 radical (unpaired) electrons. The summed E-state index contributed by atoms with van der Waals surface area (Å²) in [5.41, 5.74) is 3.28. The summed E-state index contributed by atoms with van der Waals surface area (Å²) in [5.74, 6) is -2.15. The summed E-state index contributed by atoms with van der Waals surface area (Å²) < 4.78 is 32.9. The van der Waals surface area contributed by atoms with E-state index in [-0.39, 0.29) is 12.2 Å². The van der Waals surface area contributed by atoms with E-state index in [2.05, 4.69) is 20.0 Å². The van der Waals surface area contributed by atoms with Gasteiger partial charge in [0.25, 0.3) is 5.91 Å². The third-order valence-electron chi connectivity index (χ3n) is 2.91. The molecule has 21 heavy (non-hydrogen) atoms. The zero-order chi connectivity index (χ0) is 15.4. The van der Waals surface area contributed by atoms with E-state index in [1.54, 1.807) is 0 Å². The first-order chi connectivity index (χ1) is 10.0. The van der Waals surface area contributed by atoms with Crippen molar-refractivity contribution in [2.75, 3.05) is 7.11 Å². The molecule has 0 aromatic heterocycles. The van der Waals surface area contributed by atoms with Gasteiger partial charge in [-0.15, -0.1) is 0 Å². The first-order valence-corrected chi connectivity index (χ1v) is 6.00. The van der Waals surface area contributed by atoms with Crippen LogP contribution in [0.3, 0.4) is 0 Å². The molecular weight excluding hydrogens is 286 g/mol. The highest BCUT2D eigenvalue weighted by molar-refractivity contribution is 6.10. The van der Waals surface area contributed by atoms with Gasteiger partial charge < -0.3 is 9.47 Å². The molecule has 1 N–H and O–H groups in total. The molecule has 0 spiro atoms. The summed E-state index contributed by atoms with van der Waals surface area (Å²) in [5, 5.41) is 3.86. The van der Waals surface area contributed by atoms with Gasteiger partial charge in [-0.25, -0.2) is 5.43 Å². The predicted molar refractivity (Wildman–Crippen MR) is 67.9 cm³/mol. The smallest absolute Gasteiger partial charge is 0.387 e. The van der Waals surface area contributed by atoms with Crippen molar-refractivity contribution in [2.45, 2.75) is 13.0 Å². The summed E-state index contributed by atoms with van der Waals surface area (Å²) in [6, 6.07) is 5.74. The van der Waals surface area contributed by atoms with Gasteiger partial charge in [0.1, 0.15) is 11.7 Å². The molecule has 0 saturated heterocycles. The van der Waals surface area contributed by atoms with Gasteiger partial charge in [0.15, 0.2) is 0 Å². The summed E-state index contributed by atoms with van der Waals surface area (Å²) in [6.45, 7) is -2.90. The summed E-state index contributed by atoms with van der Waals surface area (Å²) in [7, 11) is 1.19. The van der Waals surface area contributed by atoms with Crippen LogP contribution in [-0.2, 0) is 14.3 Å². The highest BCUT2D eigenvalue weighted by atomic mass is 19.3. The SMILES string of the molecule is COC(=O)C1CC(c2ccc(OC(F)F)cc2)=NNC1=O. The first-order valence-electron chi connectivity index (χ1n) is 6.00. The second-order valence-electron chi connectivity index (χ2n) is 4.22. The summed E-state index contributed by atoms with van der Waals surface area (Å²) in [6.07, 6.45) is 0.0769. The van der Waals surface area contributed by atoms with Crippen LogP contribution in [0.15, 0.2) is 29.4 Å². The van der Waals surface area contributed by atoms with Crippen LogP contribution >= 0.6 is 0 Å². The van der Waals surface area contributed by atoms with E-state index in [0.717, 1.165) is 0 Å². The van der Waals surface area contributed by atoms with Gasteiger partial charge in [-0.1, -0.05) is 0 Å². The highest BCUT2D eigenvalue weighted by Crippen LogP contribution is 2.20. The normalized spacial score (nSPS) is 18.0. The second kappa shape index (κ2) is 6.29. The quantitative estimate of drug-likeness (QED) is 0.671. The molecule has 1 aromatic rings. The minimum Gasteiger partial charge on any atom is -0.468 e. The molecule has 8 heteroatoms. The Morgan fingerprint density at radius 1 is 1.38 bits per heavy atom. The number of hydrogen-bond donors (Lipinski definition) is 1. The van der Waals surface area contributed by atoms with E-state index in [1.807, 2.05) is 0 Å². The van der Waals surface area contributed by atoms with Crippen LogP contribution in [0.1, 0.15) is 12.0 Å². The Morgan fingerprint density at radius 3 is 2.62 bits per heavy atom. The third-order valence-corrected chi connectivity index (χ3v) is 2.91. The number of carbonyl (C=O) groups excluding carboxylic acids is 2. The number of nitrogens with one attached hydrogen (secondary N) is 1. The molecule has 1 amide bonds. The van der Waals surface area contributed by atoms with Crippen LogP contribution in [0.5, 0.6) is 5.75 Å². The molecule has 1 aliphatic heterocycles. The average Bonchev–Trinajstić information content (AvgIpc) is 2.47. The average molecular weight is 298 g/mol. The fourth-order valence-corrected chi connectivity index (χ4v) is 1.88. The van der Waals surface area contributed by atoms with Crippen LogP contribution in [0, 0.1) is 5.92 Å². The first kappa shape index (κ1) is 14.9. The zero-order valence-electron chi connectivity index (χ0n) is 11.0. The summed E-state index contributed by atoms with van der Waals surface area (Å²) >= 11 is 0. The molecular formula is C13H12F2N2O4. The molecule has 1 unspecified atom stereocenters. The fraction of sp³-hybridized carbons (Fsp3) is 0.308. The number of nitrogens with zero attached hydrogens (tertiary/aromatic N) is 1. The molecule has 1 atom stereocenters. The molecule has 1 heterocycles. The lowest BCUT2D eigenvalue weighted by Gasteiger charge is -2.19. The lowest BCUT2D eigenvalue weighted by atomic mass is 9.95. The van der Waals surface area contributed by atoms with Crippen molar-refractivity contribution >= 4 is 17.6 Å². The van der Waals surface area contributed by atoms with Crippen LogP contribution < -0.4 is 10.2 Å². The largest absolute Gasteiger partial charge is 0.468 e. The molecule has 6 nitrogen and oxygen atoms in total. The van der Waals surface area contributed by atoms with E-state index >= 15 is 0 Å². The zero-order valence-corrected chi connectivity index (χ0v) is 11.0. The second-order valence-corrected chi connectivity index (χ2v) is 4.22. The molecule has 1 aliphatic rings. The number of esters is 1. The number of benzene rings is 1. The number of amides is 1. The van der Waals surface area contributed by atoms with Crippen molar-refractivity contribution in [3.63, 3.8) is 0 Å². The van der Waals surface area contributed by atoms with Gasteiger partial charge in [-0.3, -0.25) is 9.59 Å². The number of ether oxygens (including phenoxy) is 2. The molecule has 0 bridgehead atoms. The number of methoxy groups -OCH3 is 1. The predicted octanol–water partition coefficient (Wildman–Crippen LogP) is 1.30. The maximum Gasteiger partial charge on any atom is 0.387 e. The van der Waals surface area contributed by atoms with E-state index < -0.39 is 24.4 Å². The Morgan fingerprint density at radius 2 is 2.05 bits per heavy atom. The van der Waals surface area contributed by atoms with Crippen LogP contribution in [-0.4, -0.2) is 31.3 Å². The Balaban J connectivity index is 2.14. The molecule has 112 valence electrons. The maximum atomic E-state index is 12.1. The van der Waals surface area contributed by atoms with Gasteiger partial charge in [-0.05, 0) is 29.8 Å². The van der Waals surface area contributed by atoms with Crippen LogP contribution in [0.2, 0.25) is 0 Å². The number of hydrazone groups is 1. The molecule has 0 aliphatic carbocycles. The molecule has 0 saturated carbocycles. The van der Waals surface area contributed by atoms with Crippen molar-refractivity contribution in [1.29, 1.82) is 0 Å². The summed E-state index contributed by atoms with van der Waals surface area (Å²) in [4.78, 5) is 23.0. The Labute approximate surface area is 118 Å². The number of carbonyl (C=O) groups is 2. The third kappa shape index (κ3) is 3.53. The number of hydrogen-bond acceptors (Lipinski definition) is 5. The molecule has 2 rings (SSSR count). The monoisotopic (exact) mass is 298 g/mol. The molecule has 1 aromatic carbocycles. The van der Waals surface area contributed by atoms with Crippen molar-refractivity contribution in [3.05, 3.63) is 29.8 Å². The van der Waals surface area contributed by atoms with Gasteiger partial charge in [0.2, 0.25) is 0 Å². The van der Waals surface area contributed by atoms with E-state index in [9.17, 15) is 18.4 Å². The van der Waals surface area contributed by atoms with Gasteiger partial charge in [0.05, 0.1) is 12.8 Å². The topological polar surface area (TPSA) is 77.0 Å². The van der Waals surface area contributed by atoms with Crippen molar-refractivity contribution in [3.8, 4) is 5.75 Å². The van der Waals surface area contributed by atoms with E-state index in [0.29, 0.717) is 11.3 Å². The van der Waals surface area contributed by atoms with Gasteiger partial charge in [0, 0.05) is 6.42 Å². The number of rotatable bonds is 4.